The van der Waals surface area contributed by atoms with Gasteiger partial charge in [0.2, 0.25) is 0 Å². The molecule has 0 saturated carbocycles. The quantitative estimate of drug-likeness (QED) is 0.688. The molecule has 26 heavy (non-hydrogen) atoms. The van der Waals surface area contributed by atoms with Crippen LogP contribution in [0.3, 0.4) is 0 Å². The molecule has 0 unspecified atom stereocenters. The number of benzene rings is 2. The first-order valence-electron chi connectivity index (χ1n) is 7.97. The lowest BCUT2D eigenvalue weighted by atomic mass is 10.2. The highest BCUT2D eigenvalue weighted by Crippen LogP contribution is 2.26. The smallest absolute Gasteiger partial charge is 0.337 e. The number of halogens is 2. The van der Waals surface area contributed by atoms with Crippen molar-refractivity contribution in [3.05, 3.63) is 64.4 Å². The van der Waals surface area contributed by atoms with Gasteiger partial charge in [-0.05, 0) is 42.8 Å². The van der Waals surface area contributed by atoms with Crippen LogP contribution in [0.5, 0.6) is 5.75 Å². The molecule has 0 aliphatic carbocycles. The maximum Gasteiger partial charge on any atom is 0.337 e. The minimum absolute atomic E-state index is 0.203. The number of methoxy groups -OCH3 is 1. The number of likely N-dealkylation sites (N-methyl/N-ethyl adjacent to an activating group) is 1. The molecule has 0 N–H and O–H groups in total. The van der Waals surface area contributed by atoms with E-state index in [1.165, 1.54) is 37.4 Å². The summed E-state index contributed by atoms with van der Waals surface area (Å²) in [7, 11) is 1.28. The molecule has 2 aromatic carbocycles. The molecule has 0 spiro atoms. The second kappa shape index (κ2) is 9.20. The van der Waals surface area contributed by atoms with Gasteiger partial charge in [0.15, 0.2) is 6.61 Å². The van der Waals surface area contributed by atoms with Crippen molar-refractivity contribution < 1.29 is 23.5 Å². The summed E-state index contributed by atoms with van der Waals surface area (Å²) in [6.07, 6.45) is 0. The van der Waals surface area contributed by atoms with Crippen LogP contribution < -0.4 is 4.74 Å². The van der Waals surface area contributed by atoms with Crippen LogP contribution in [0.25, 0.3) is 0 Å². The summed E-state index contributed by atoms with van der Waals surface area (Å²) in [4.78, 5) is 25.4. The Balaban J connectivity index is 1.99. The van der Waals surface area contributed by atoms with E-state index >= 15 is 0 Å². The molecule has 0 saturated heterocycles. The highest BCUT2D eigenvalue weighted by molar-refractivity contribution is 6.32. The van der Waals surface area contributed by atoms with E-state index in [0.717, 1.165) is 0 Å². The monoisotopic (exact) mass is 379 g/mol. The minimum atomic E-state index is -0.512. The van der Waals surface area contributed by atoms with Gasteiger partial charge >= 0.3 is 5.97 Å². The molecule has 5 nitrogen and oxygen atoms in total. The number of nitrogens with zero attached hydrogens (tertiary/aromatic N) is 1. The summed E-state index contributed by atoms with van der Waals surface area (Å²) in [5.41, 5.74) is 0.984. The molecule has 0 atom stereocenters. The van der Waals surface area contributed by atoms with Crippen molar-refractivity contribution in [2.24, 2.45) is 0 Å². The molecule has 0 radical (unpaired) electrons. The standard InChI is InChI=1S/C19H19ClFNO4/c1-3-22(11-13-5-4-6-15(21)9-13)18(23)12-26-17-8-7-14(10-16(17)20)19(24)25-2/h4-10H,3,11-12H2,1-2H3. The molecule has 7 heteroatoms. The second-order valence-corrected chi connectivity index (χ2v) is 5.87. The Morgan fingerprint density at radius 3 is 2.58 bits per heavy atom. The van der Waals surface area contributed by atoms with Gasteiger partial charge in [0.1, 0.15) is 11.6 Å². The largest absolute Gasteiger partial charge is 0.482 e. The molecular formula is C19H19ClFNO4. The van der Waals surface area contributed by atoms with Gasteiger partial charge in [-0.25, -0.2) is 9.18 Å². The SMILES string of the molecule is CCN(Cc1cccc(F)c1)C(=O)COc1ccc(C(=O)OC)cc1Cl. The molecule has 0 aromatic heterocycles. The van der Waals surface area contributed by atoms with Crippen molar-refractivity contribution in [1.82, 2.24) is 4.90 Å². The van der Waals surface area contributed by atoms with Gasteiger partial charge in [-0.15, -0.1) is 0 Å². The van der Waals surface area contributed by atoms with Gasteiger partial charge in [-0.2, -0.15) is 0 Å². The van der Waals surface area contributed by atoms with E-state index in [1.807, 2.05) is 6.92 Å². The fourth-order valence-corrected chi connectivity index (χ4v) is 2.56. The van der Waals surface area contributed by atoms with Crippen LogP contribution in [0.1, 0.15) is 22.8 Å². The molecule has 0 fully saturated rings. The van der Waals surface area contributed by atoms with Crippen molar-refractivity contribution >= 4 is 23.5 Å². The Morgan fingerprint density at radius 1 is 1.19 bits per heavy atom. The van der Waals surface area contributed by atoms with Gasteiger partial charge in [-0.3, -0.25) is 4.79 Å². The van der Waals surface area contributed by atoms with Crippen molar-refractivity contribution in [1.29, 1.82) is 0 Å². The fraction of sp³-hybridized carbons (Fsp3) is 0.263. The van der Waals surface area contributed by atoms with Crippen molar-refractivity contribution in [3.8, 4) is 5.75 Å². The van der Waals surface area contributed by atoms with Crippen LogP contribution in [0.4, 0.5) is 4.39 Å². The average Bonchev–Trinajstić information content (AvgIpc) is 2.64. The van der Waals surface area contributed by atoms with Gasteiger partial charge in [0.05, 0.1) is 17.7 Å². The summed E-state index contributed by atoms with van der Waals surface area (Å²) in [5.74, 6) is -0.833. The molecule has 138 valence electrons. The summed E-state index contributed by atoms with van der Waals surface area (Å²) < 4.78 is 23.4. The van der Waals surface area contributed by atoms with E-state index in [1.54, 1.807) is 17.0 Å². The van der Waals surface area contributed by atoms with Crippen molar-refractivity contribution in [3.63, 3.8) is 0 Å². The molecule has 0 aliphatic heterocycles. The Bertz CT molecular complexity index is 797. The molecule has 0 bridgehead atoms. The summed E-state index contributed by atoms with van der Waals surface area (Å²) in [6.45, 7) is 2.34. The Labute approximate surface area is 156 Å². The highest BCUT2D eigenvalue weighted by atomic mass is 35.5. The normalized spacial score (nSPS) is 10.3. The third-order valence-electron chi connectivity index (χ3n) is 3.70. The number of ether oxygens (including phenoxy) is 2. The third-order valence-corrected chi connectivity index (χ3v) is 4.00. The Kier molecular flexibility index (Phi) is 6.97. The van der Waals surface area contributed by atoms with Gasteiger partial charge < -0.3 is 14.4 Å². The number of rotatable bonds is 7. The van der Waals surface area contributed by atoms with Gasteiger partial charge in [0, 0.05) is 13.1 Å². The van der Waals surface area contributed by atoms with Gasteiger partial charge in [-0.1, -0.05) is 23.7 Å². The van der Waals surface area contributed by atoms with E-state index in [9.17, 15) is 14.0 Å². The molecule has 0 heterocycles. The van der Waals surface area contributed by atoms with E-state index < -0.39 is 5.97 Å². The van der Waals surface area contributed by atoms with E-state index in [4.69, 9.17) is 16.3 Å². The van der Waals surface area contributed by atoms with Crippen LogP contribution in [0.2, 0.25) is 5.02 Å². The number of carbonyl (C=O) groups is 2. The fourth-order valence-electron chi connectivity index (χ4n) is 2.33. The maximum absolute atomic E-state index is 13.3. The predicted molar refractivity (Wildman–Crippen MR) is 95.8 cm³/mol. The third kappa shape index (κ3) is 5.20. The van der Waals surface area contributed by atoms with Crippen LogP contribution in [-0.4, -0.2) is 37.0 Å². The Hall–Kier alpha value is -2.60. The highest BCUT2D eigenvalue weighted by Gasteiger charge is 2.15. The number of amides is 1. The Morgan fingerprint density at radius 2 is 1.96 bits per heavy atom. The molecule has 0 aliphatic rings. The molecule has 2 rings (SSSR count). The van der Waals surface area contributed by atoms with E-state index in [0.29, 0.717) is 12.1 Å². The van der Waals surface area contributed by atoms with Crippen LogP contribution >= 0.6 is 11.6 Å². The summed E-state index contributed by atoms with van der Waals surface area (Å²) in [6, 6.07) is 10.5. The molecule has 1 amide bonds. The molecular weight excluding hydrogens is 361 g/mol. The summed E-state index contributed by atoms with van der Waals surface area (Å²) >= 11 is 6.08. The first-order chi connectivity index (χ1) is 12.4. The van der Waals surface area contributed by atoms with Gasteiger partial charge in [0.25, 0.3) is 5.91 Å². The number of carbonyl (C=O) groups excluding carboxylic acids is 2. The second-order valence-electron chi connectivity index (χ2n) is 5.46. The lowest BCUT2D eigenvalue weighted by Gasteiger charge is -2.21. The zero-order chi connectivity index (χ0) is 19.1. The zero-order valence-corrected chi connectivity index (χ0v) is 15.3. The number of hydrogen-bond donors (Lipinski definition) is 0. The molecule has 2 aromatic rings. The number of hydrogen-bond acceptors (Lipinski definition) is 4. The lowest BCUT2D eigenvalue weighted by molar-refractivity contribution is -0.133. The van der Waals surface area contributed by atoms with E-state index in [2.05, 4.69) is 4.74 Å². The minimum Gasteiger partial charge on any atom is -0.482 e. The zero-order valence-electron chi connectivity index (χ0n) is 14.5. The van der Waals surface area contributed by atoms with Crippen molar-refractivity contribution in [2.45, 2.75) is 13.5 Å². The summed E-state index contributed by atoms with van der Waals surface area (Å²) in [5, 5.41) is 0.203. The maximum atomic E-state index is 13.3. The van der Waals surface area contributed by atoms with Crippen LogP contribution in [0, 0.1) is 5.82 Å². The first kappa shape index (κ1) is 19.7. The topological polar surface area (TPSA) is 55.8 Å². The van der Waals surface area contributed by atoms with Crippen LogP contribution in [0.15, 0.2) is 42.5 Å². The lowest BCUT2D eigenvalue weighted by Crippen LogP contribution is -2.34. The van der Waals surface area contributed by atoms with Crippen LogP contribution in [-0.2, 0) is 16.1 Å². The predicted octanol–water partition coefficient (Wildman–Crippen LogP) is 3.69. The van der Waals surface area contributed by atoms with Crippen molar-refractivity contribution in [2.75, 3.05) is 20.3 Å². The first-order valence-corrected chi connectivity index (χ1v) is 8.35. The average molecular weight is 380 g/mol. The van der Waals surface area contributed by atoms with E-state index in [-0.39, 0.29) is 41.2 Å². The number of esters is 1.